The normalized spacial score (nSPS) is 15.0. The first-order valence-corrected chi connectivity index (χ1v) is 14.5. The zero-order valence-corrected chi connectivity index (χ0v) is 23.9. The van der Waals surface area contributed by atoms with E-state index in [4.69, 9.17) is 4.74 Å². The summed E-state index contributed by atoms with van der Waals surface area (Å²) in [5.74, 6) is -0.791. The van der Waals surface area contributed by atoms with Crippen molar-refractivity contribution in [2.75, 3.05) is 5.32 Å². The number of alkyl halides is 3. The SMILES string of the molecule is C[C@@H](OC(=O)Nc1c(-c2cc3sc(-c4ccc(C5(C(=O)O)CC5)cc4C(F)(F)F)cc3s2)nnn1C)c1ccccc1. The van der Waals surface area contributed by atoms with Crippen LogP contribution in [0.2, 0.25) is 0 Å². The molecule has 0 spiro atoms. The molecule has 1 fully saturated rings. The summed E-state index contributed by atoms with van der Waals surface area (Å²) in [6.07, 6.45) is -5.19. The summed E-state index contributed by atoms with van der Waals surface area (Å²) in [6.45, 7) is 1.76. The quantitative estimate of drug-likeness (QED) is 0.194. The average Bonchev–Trinajstić information content (AvgIpc) is 3.37. The lowest BCUT2D eigenvalue weighted by atomic mass is 9.92. The number of benzene rings is 2. The summed E-state index contributed by atoms with van der Waals surface area (Å²) in [6, 6.07) is 16.6. The lowest BCUT2D eigenvalue weighted by molar-refractivity contribution is -0.141. The van der Waals surface area contributed by atoms with Crippen LogP contribution in [-0.2, 0) is 28.2 Å². The molecule has 3 aromatic heterocycles. The van der Waals surface area contributed by atoms with Crippen molar-refractivity contribution in [3.05, 3.63) is 77.4 Å². The van der Waals surface area contributed by atoms with E-state index in [1.807, 2.05) is 30.3 Å². The van der Waals surface area contributed by atoms with Crippen LogP contribution < -0.4 is 5.32 Å². The number of aromatic nitrogens is 3. The second-order valence-corrected chi connectivity index (χ2v) is 12.3. The minimum absolute atomic E-state index is 0.000436. The molecule has 6 rings (SSSR count). The van der Waals surface area contributed by atoms with E-state index in [1.54, 1.807) is 26.1 Å². The number of hydrogen-bond acceptors (Lipinski definition) is 7. The first-order chi connectivity index (χ1) is 20.0. The third kappa shape index (κ3) is 5.02. The Morgan fingerprint density at radius 2 is 1.71 bits per heavy atom. The average molecular weight is 613 g/mol. The van der Waals surface area contributed by atoms with Gasteiger partial charge < -0.3 is 9.84 Å². The summed E-state index contributed by atoms with van der Waals surface area (Å²) in [5.41, 5.74) is -0.684. The molecule has 8 nitrogen and oxygen atoms in total. The van der Waals surface area contributed by atoms with Gasteiger partial charge in [-0.05, 0) is 49.1 Å². The van der Waals surface area contributed by atoms with Gasteiger partial charge in [-0.2, -0.15) is 13.2 Å². The van der Waals surface area contributed by atoms with Crippen molar-refractivity contribution in [1.82, 2.24) is 15.0 Å². The highest BCUT2D eigenvalue weighted by molar-refractivity contribution is 7.31. The van der Waals surface area contributed by atoms with Gasteiger partial charge in [0.05, 0.1) is 15.9 Å². The van der Waals surface area contributed by atoms with Gasteiger partial charge in [-0.15, -0.1) is 27.8 Å². The maximum atomic E-state index is 14.1. The molecule has 2 N–H and O–H groups in total. The Bertz CT molecular complexity index is 1790. The van der Waals surface area contributed by atoms with E-state index in [9.17, 15) is 27.9 Å². The largest absolute Gasteiger partial charge is 0.481 e. The van der Waals surface area contributed by atoms with Gasteiger partial charge in [-0.1, -0.05) is 47.7 Å². The fourth-order valence-electron chi connectivity index (χ4n) is 4.87. The zero-order valence-electron chi connectivity index (χ0n) is 22.2. The Labute approximate surface area is 245 Å². The van der Waals surface area contributed by atoms with Gasteiger partial charge >= 0.3 is 18.2 Å². The van der Waals surface area contributed by atoms with Crippen molar-refractivity contribution in [2.45, 2.75) is 37.5 Å². The summed E-state index contributed by atoms with van der Waals surface area (Å²) < 4.78 is 50.7. The van der Waals surface area contributed by atoms with Gasteiger partial charge in [-0.3, -0.25) is 10.1 Å². The van der Waals surface area contributed by atoms with Crippen LogP contribution in [0.25, 0.3) is 30.4 Å². The predicted molar refractivity (Wildman–Crippen MR) is 154 cm³/mol. The number of amides is 1. The molecule has 13 heteroatoms. The molecule has 1 aliphatic rings. The number of ether oxygens (including phenoxy) is 1. The minimum atomic E-state index is -4.66. The number of fused-ring (bicyclic) bond motifs is 1. The molecular weight excluding hydrogens is 589 g/mol. The van der Waals surface area contributed by atoms with Gasteiger partial charge in [0.2, 0.25) is 0 Å². The molecular formula is C29H23F3N4O4S2. The molecule has 1 amide bonds. The fraction of sp³-hybridized carbons (Fsp3) is 0.241. The Morgan fingerprint density at radius 3 is 2.36 bits per heavy atom. The van der Waals surface area contributed by atoms with Crippen LogP contribution in [0.3, 0.4) is 0 Å². The second-order valence-electron chi connectivity index (χ2n) is 10.1. The molecule has 3 heterocycles. The number of carbonyl (C=O) groups excluding carboxylic acids is 1. The number of anilines is 1. The maximum Gasteiger partial charge on any atom is 0.417 e. The van der Waals surface area contributed by atoms with Crippen molar-refractivity contribution in [3.8, 4) is 21.0 Å². The highest BCUT2D eigenvalue weighted by Gasteiger charge is 2.52. The van der Waals surface area contributed by atoms with Crippen LogP contribution in [0.1, 0.15) is 42.6 Å². The highest BCUT2D eigenvalue weighted by atomic mass is 32.1. The first-order valence-electron chi connectivity index (χ1n) is 12.9. The standard InChI is InChI=1S/C29H23F3N4O4S2/c1-15(16-6-4-3-5-7-16)40-27(39)33-25-24(34-35-36(25)2)23-14-22-21(42-23)13-20(41-22)18-9-8-17(12-19(18)29(30,31)32)28(10-11-28)26(37)38/h3-9,12-15H,10-11H2,1-2H3,(H,33,39)(H,37,38)/t15-/m1/s1. The smallest absolute Gasteiger partial charge is 0.417 e. The summed E-state index contributed by atoms with van der Waals surface area (Å²) in [7, 11) is 1.62. The van der Waals surface area contributed by atoms with E-state index in [2.05, 4.69) is 15.6 Å². The topological polar surface area (TPSA) is 106 Å². The van der Waals surface area contributed by atoms with Crippen LogP contribution in [0.15, 0.2) is 60.7 Å². The molecule has 1 saturated carbocycles. The number of halogens is 3. The Morgan fingerprint density at radius 1 is 1.05 bits per heavy atom. The number of hydrogen-bond donors (Lipinski definition) is 2. The van der Waals surface area contributed by atoms with Gasteiger partial charge in [0, 0.05) is 26.9 Å². The van der Waals surface area contributed by atoms with Crippen molar-refractivity contribution < 1.29 is 32.6 Å². The number of aliphatic carboxylic acids is 1. The highest BCUT2D eigenvalue weighted by Crippen LogP contribution is 2.51. The molecule has 2 aromatic carbocycles. The first kappa shape index (κ1) is 27.9. The van der Waals surface area contributed by atoms with E-state index in [-0.39, 0.29) is 11.1 Å². The number of thiophene rings is 2. The third-order valence-corrected chi connectivity index (χ3v) is 9.68. The number of aryl methyl sites for hydroxylation is 1. The minimum Gasteiger partial charge on any atom is -0.481 e. The summed E-state index contributed by atoms with van der Waals surface area (Å²) in [4.78, 5) is 25.5. The number of carboxylic acid groups (broad SMARTS) is 1. The van der Waals surface area contributed by atoms with E-state index in [1.165, 1.54) is 39.5 Å². The lowest BCUT2D eigenvalue weighted by Crippen LogP contribution is -2.20. The van der Waals surface area contributed by atoms with Crippen molar-refractivity contribution in [3.63, 3.8) is 0 Å². The van der Waals surface area contributed by atoms with Crippen LogP contribution in [0, 0.1) is 0 Å². The fourth-order valence-corrected chi connectivity index (χ4v) is 7.29. The molecule has 216 valence electrons. The van der Waals surface area contributed by atoms with E-state index in [0.29, 0.717) is 34.1 Å². The van der Waals surface area contributed by atoms with Gasteiger partial charge in [0.25, 0.3) is 0 Å². The van der Waals surface area contributed by atoms with Crippen LogP contribution in [0.4, 0.5) is 23.8 Å². The van der Waals surface area contributed by atoms with E-state index >= 15 is 0 Å². The van der Waals surface area contributed by atoms with Gasteiger partial charge in [-0.25, -0.2) is 9.48 Å². The third-order valence-electron chi connectivity index (χ3n) is 7.34. The maximum absolute atomic E-state index is 14.1. The number of nitrogens with one attached hydrogen (secondary N) is 1. The molecule has 1 aliphatic carbocycles. The number of carboxylic acids is 1. The Balaban J connectivity index is 1.27. The summed E-state index contributed by atoms with van der Waals surface area (Å²) >= 11 is 2.50. The Hall–Kier alpha value is -4.23. The molecule has 0 saturated heterocycles. The van der Waals surface area contributed by atoms with Gasteiger partial charge in [0.15, 0.2) is 5.82 Å². The molecule has 0 radical (unpaired) electrons. The molecule has 0 bridgehead atoms. The number of carbonyl (C=O) groups is 2. The second kappa shape index (κ2) is 10.2. The van der Waals surface area contributed by atoms with Crippen LogP contribution >= 0.6 is 22.7 Å². The molecule has 5 aromatic rings. The van der Waals surface area contributed by atoms with Gasteiger partial charge in [0.1, 0.15) is 11.8 Å². The lowest BCUT2D eigenvalue weighted by Gasteiger charge is -2.17. The monoisotopic (exact) mass is 612 g/mol. The van der Waals surface area contributed by atoms with Crippen LogP contribution in [0.5, 0.6) is 0 Å². The van der Waals surface area contributed by atoms with Crippen molar-refractivity contribution in [1.29, 1.82) is 0 Å². The van der Waals surface area contributed by atoms with Crippen LogP contribution in [-0.4, -0.2) is 32.2 Å². The molecule has 0 unspecified atom stereocenters. The molecule has 42 heavy (non-hydrogen) atoms. The number of nitrogens with zero attached hydrogens (tertiary/aromatic N) is 3. The number of rotatable bonds is 7. The predicted octanol–water partition coefficient (Wildman–Crippen LogP) is 7.87. The van der Waals surface area contributed by atoms with E-state index in [0.717, 1.165) is 21.0 Å². The summed E-state index contributed by atoms with van der Waals surface area (Å²) in [5, 5.41) is 20.5. The van der Waals surface area contributed by atoms with E-state index < -0.39 is 35.3 Å². The zero-order chi connectivity index (χ0) is 29.8. The Kier molecular flexibility index (Phi) is 6.81. The van der Waals surface area contributed by atoms with Crippen molar-refractivity contribution in [2.24, 2.45) is 7.05 Å². The molecule has 1 atom stereocenters. The van der Waals surface area contributed by atoms with Crippen molar-refractivity contribution >= 4 is 50.0 Å². The molecule has 0 aliphatic heterocycles.